The lowest BCUT2D eigenvalue weighted by Gasteiger charge is -2.21. The first-order chi connectivity index (χ1) is 10.5. The van der Waals surface area contributed by atoms with Gasteiger partial charge in [0.15, 0.2) is 0 Å². The van der Waals surface area contributed by atoms with E-state index in [1.165, 1.54) is 7.11 Å². The molecule has 1 aromatic carbocycles. The molecular weight excluding hydrogens is 375 g/mol. The predicted octanol–water partition coefficient (Wildman–Crippen LogP) is 3.17. The van der Waals surface area contributed by atoms with Gasteiger partial charge in [-0.15, -0.1) is 24.8 Å². The largest absolute Gasteiger partial charge is 0.496 e. The third kappa shape index (κ3) is 4.93. The van der Waals surface area contributed by atoms with Crippen LogP contribution in [0.2, 0.25) is 5.02 Å². The highest BCUT2D eigenvalue weighted by molar-refractivity contribution is 6.33. The van der Waals surface area contributed by atoms with Crippen molar-refractivity contribution in [1.82, 2.24) is 14.7 Å². The SMILES string of the molecule is CCN(Cc1cnn(C)c1)C(=O)c1cc(Cl)c(N)cc1OC.Cl.Cl. The molecule has 0 unspecified atom stereocenters. The van der Waals surface area contributed by atoms with Crippen LogP contribution in [0.1, 0.15) is 22.8 Å². The van der Waals surface area contributed by atoms with E-state index in [2.05, 4.69) is 5.10 Å². The fourth-order valence-corrected chi connectivity index (χ4v) is 2.34. The van der Waals surface area contributed by atoms with Gasteiger partial charge in [-0.25, -0.2) is 0 Å². The van der Waals surface area contributed by atoms with Crippen LogP contribution in [0.5, 0.6) is 5.75 Å². The van der Waals surface area contributed by atoms with Crippen LogP contribution in [0, 0.1) is 0 Å². The highest BCUT2D eigenvalue weighted by Gasteiger charge is 2.20. The molecule has 1 amide bonds. The molecule has 24 heavy (non-hydrogen) atoms. The van der Waals surface area contributed by atoms with Gasteiger partial charge in [0.25, 0.3) is 5.91 Å². The standard InChI is InChI=1S/C15H19ClN4O2.2ClH/c1-4-20(9-10-7-18-19(2)8-10)15(21)11-5-12(16)13(17)6-14(11)22-3;;/h5-8H,4,9,17H2,1-3H3;2*1H. The minimum Gasteiger partial charge on any atom is -0.496 e. The topological polar surface area (TPSA) is 73.4 Å². The van der Waals surface area contributed by atoms with Gasteiger partial charge < -0.3 is 15.4 Å². The lowest BCUT2D eigenvalue weighted by Crippen LogP contribution is -2.30. The van der Waals surface area contributed by atoms with Gasteiger partial charge in [-0.3, -0.25) is 9.48 Å². The number of benzene rings is 1. The van der Waals surface area contributed by atoms with Crippen LogP contribution in [0.25, 0.3) is 0 Å². The van der Waals surface area contributed by atoms with Crippen LogP contribution < -0.4 is 10.5 Å². The number of ether oxygens (including phenoxy) is 1. The highest BCUT2D eigenvalue weighted by atomic mass is 35.5. The molecule has 0 atom stereocenters. The fourth-order valence-electron chi connectivity index (χ4n) is 2.18. The number of halogens is 3. The van der Waals surface area contributed by atoms with Gasteiger partial charge in [0.2, 0.25) is 0 Å². The summed E-state index contributed by atoms with van der Waals surface area (Å²) >= 11 is 6.03. The monoisotopic (exact) mass is 394 g/mol. The van der Waals surface area contributed by atoms with Gasteiger partial charge in [0.05, 0.1) is 29.6 Å². The second kappa shape index (κ2) is 9.61. The number of nitrogens with two attached hydrogens (primary N) is 1. The minimum atomic E-state index is -0.162. The average molecular weight is 396 g/mol. The Balaban J connectivity index is 0.00000264. The lowest BCUT2D eigenvalue weighted by atomic mass is 10.1. The van der Waals surface area contributed by atoms with E-state index >= 15 is 0 Å². The summed E-state index contributed by atoms with van der Waals surface area (Å²) < 4.78 is 6.95. The van der Waals surface area contributed by atoms with Crippen molar-refractivity contribution >= 4 is 48.0 Å². The number of aryl methyl sites for hydroxylation is 1. The number of hydrogen-bond donors (Lipinski definition) is 1. The van der Waals surface area contributed by atoms with Crippen molar-refractivity contribution in [3.05, 3.63) is 40.7 Å². The molecule has 0 spiro atoms. The molecule has 9 heteroatoms. The summed E-state index contributed by atoms with van der Waals surface area (Å²) in [6.07, 6.45) is 3.62. The number of nitrogens with zero attached hydrogens (tertiary/aromatic N) is 3. The molecule has 0 saturated carbocycles. The number of carbonyl (C=O) groups excluding carboxylic acids is 1. The number of nitrogen functional groups attached to an aromatic ring is 1. The molecule has 0 aliphatic carbocycles. The van der Waals surface area contributed by atoms with Crippen LogP contribution in [0.3, 0.4) is 0 Å². The zero-order valence-electron chi connectivity index (χ0n) is 13.7. The molecule has 0 aliphatic heterocycles. The highest BCUT2D eigenvalue weighted by Crippen LogP contribution is 2.30. The second-order valence-corrected chi connectivity index (χ2v) is 5.32. The molecule has 2 aromatic rings. The van der Waals surface area contributed by atoms with Crippen LogP contribution in [0.15, 0.2) is 24.5 Å². The number of hydrogen-bond acceptors (Lipinski definition) is 4. The molecule has 134 valence electrons. The molecule has 0 aliphatic rings. The van der Waals surface area contributed by atoms with Gasteiger partial charge in [0.1, 0.15) is 5.75 Å². The summed E-state index contributed by atoms with van der Waals surface area (Å²) in [7, 11) is 3.33. The quantitative estimate of drug-likeness (QED) is 0.789. The van der Waals surface area contributed by atoms with Gasteiger partial charge in [-0.2, -0.15) is 5.10 Å². The molecule has 1 heterocycles. The Morgan fingerprint density at radius 3 is 2.58 bits per heavy atom. The van der Waals surface area contributed by atoms with Crippen molar-refractivity contribution in [2.75, 3.05) is 19.4 Å². The maximum Gasteiger partial charge on any atom is 0.257 e. The number of aromatic nitrogens is 2. The Bertz CT molecular complexity index is 691. The van der Waals surface area contributed by atoms with E-state index in [4.69, 9.17) is 22.1 Å². The summed E-state index contributed by atoms with van der Waals surface area (Å²) in [5.41, 5.74) is 7.48. The van der Waals surface area contributed by atoms with Crippen molar-refractivity contribution < 1.29 is 9.53 Å². The zero-order valence-corrected chi connectivity index (χ0v) is 16.0. The van der Waals surface area contributed by atoms with Gasteiger partial charge in [-0.1, -0.05) is 11.6 Å². The van der Waals surface area contributed by atoms with Crippen molar-refractivity contribution in [3.63, 3.8) is 0 Å². The fraction of sp³-hybridized carbons (Fsp3) is 0.333. The molecule has 0 bridgehead atoms. The lowest BCUT2D eigenvalue weighted by molar-refractivity contribution is 0.0749. The van der Waals surface area contributed by atoms with E-state index < -0.39 is 0 Å². The van der Waals surface area contributed by atoms with Crippen molar-refractivity contribution in [1.29, 1.82) is 0 Å². The van der Waals surface area contributed by atoms with Gasteiger partial charge >= 0.3 is 0 Å². The van der Waals surface area contributed by atoms with E-state index in [0.717, 1.165) is 5.56 Å². The zero-order chi connectivity index (χ0) is 16.3. The predicted molar refractivity (Wildman–Crippen MR) is 101 cm³/mol. The van der Waals surface area contributed by atoms with Crippen LogP contribution >= 0.6 is 36.4 Å². The van der Waals surface area contributed by atoms with E-state index in [0.29, 0.717) is 35.1 Å². The smallest absolute Gasteiger partial charge is 0.257 e. The van der Waals surface area contributed by atoms with Crippen LogP contribution in [-0.4, -0.2) is 34.2 Å². The number of rotatable bonds is 5. The van der Waals surface area contributed by atoms with Gasteiger partial charge in [-0.05, 0) is 13.0 Å². The number of carbonyl (C=O) groups is 1. The van der Waals surface area contributed by atoms with E-state index in [9.17, 15) is 4.79 Å². The van der Waals surface area contributed by atoms with E-state index in [1.807, 2.05) is 20.2 Å². The molecule has 2 N–H and O–H groups in total. The summed E-state index contributed by atoms with van der Waals surface area (Å²) in [6, 6.07) is 3.11. The van der Waals surface area contributed by atoms with Crippen molar-refractivity contribution in [2.45, 2.75) is 13.5 Å². The Kier molecular flexibility index (Phi) is 8.96. The molecule has 6 nitrogen and oxygen atoms in total. The molecule has 1 aromatic heterocycles. The molecule has 0 saturated heterocycles. The molecule has 2 rings (SSSR count). The summed E-state index contributed by atoms with van der Waals surface area (Å²) in [5.74, 6) is 0.252. The summed E-state index contributed by atoms with van der Waals surface area (Å²) in [6.45, 7) is 2.94. The Morgan fingerprint density at radius 2 is 2.08 bits per heavy atom. The van der Waals surface area contributed by atoms with E-state index in [1.54, 1.807) is 27.9 Å². The number of anilines is 1. The Labute approximate surface area is 158 Å². The summed E-state index contributed by atoms with van der Waals surface area (Å²) in [5, 5.41) is 4.45. The first-order valence-corrected chi connectivity index (χ1v) is 7.23. The van der Waals surface area contributed by atoms with Gasteiger partial charge in [0, 0.05) is 38.0 Å². The second-order valence-electron chi connectivity index (χ2n) is 4.92. The molecular formula is C15H21Cl3N4O2. The average Bonchev–Trinajstić information content (AvgIpc) is 2.91. The van der Waals surface area contributed by atoms with Crippen LogP contribution in [-0.2, 0) is 13.6 Å². The Morgan fingerprint density at radius 1 is 1.42 bits per heavy atom. The molecule has 0 radical (unpaired) electrons. The maximum absolute atomic E-state index is 12.7. The normalized spacial score (nSPS) is 9.67. The van der Waals surface area contributed by atoms with Crippen molar-refractivity contribution in [2.24, 2.45) is 7.05 Å². The first-order valence-electron chi connectivity index (χ1n) is 6.86. The third-order valence-electron chi connectivity index (χ3n) is 3.35. The molecule has 0 fully saturated rings. The Hall–Kier alpha value is -1.63. The minimum absolute atomic E-state index is 0. The number of amides is 1. The van der Waals surface area contributed by atoms with Crippen molar-refractivity contribution in [3.8, 4) is 5.75 Å². The summed E-state index contributed by atoms with van der Waals surface area (Å²) in [4.78, 5) is 14.4. The first kappa shape index (κ1) is 22.4. The maximum atomic E-state index is 12.7. The third-order valence-corrected chi connectivity index (χ3v) is 3.68. The van der Waals surface area contributed by atoms with E-state index in [-0.39, 0.29) is 30.7 Å². The van der Waals surface area contributed by atoms with Crippen LogP contribution in [0.4, 0.5) is 5.69 Å². The number of methoxy groups -OCH3 is 1.